The van der Waals surface area contributed by atoms with Gasteiger partial charge < -0.3 is 14.2 Å². The normalized spacial score (nSPS) is 21.3. The van der Waals surface area contributed by atoms with Crippen LogP contribution in [0.15, 0.2) is 12.4 Å². The van der Waals surface area contributed by atoms with Crippen LogP contribution in [0.5, 0.6) is 5.75 Å². The van der Waals surface area contributed by atoms with E-state index in [9.17, 15) is 0 Å². The summed E-state index contributed by atoms with van der Waals surface area (Å²) in [5.74, 6) is 3.95. The Labute approximate surface area is 154 Å². The summed E-state index contributed by atoms with van der Waals surface area (Å²) in [5.41, 5.74) is 0. The molecule has 2 aliphatic rings. The highest BCUT2D eigenvalue weighted by molar-refractivity contribution is 5.33. The van der Waals surface area contributed by atoms with E-state index in [-0.39, 0.29) is 0 Å². The van der Waals surface area contributed by atoms with E-state index in [0.29, 0.717) is 11.7 Å². The maximum absolute atomic E-state index is 5.15. The van der Waals surface area contributed by atoms with Gasteiger partial charge in [-0.2, -0.15) is 0 Å². The molecule has 0 aliphatic carbocycles. The quantitative estimate of drug-likeness (QED) is 0.805. The van der Waals surface area contributed by atoms with Crippen LogP contribution in [0.25, 0.3) is 0 Å². The third kappa shape index (κ3) is 3.51. The van der Waals surface area contributed by atoms with E-state index in [4.69, 9.17) is 4.74 Å². The number of rotatable bonds is 5. The molecule has 140 valence electrons. The molecule has 0 N–H and O–H groups in total. The zero-order chi connectivity index (χ0) is 17.9. The van der Waals surface area contributed by atoms with Crippen molar-refractivity contribution >= 4 is 5.95 Å². The summed E-state index contributed by atoms with van der Waals surface area (Å²) in [4.78, 5) is 13.6. The highest BCUT2D eigenvalue weighted by atomic mass is 16.5. The lowest BCUT2D eigenvalue weighted by molar-refractivity contribution is 0.317. The molecule has 0 unspecified atom stereocenters. The number of anilines is 1. The standard InChI is InChI=1S/C18H27N7O/c1-23-16(13-24-7-3-4-8-24)21-22-17(23)14-6-5-9-25(12-14)18-19-10-15(26-2)11-20-18/h10-11,14H,3-9,12-13H2,1-2H3/t14-/m1/s1. The fourth-order valence-corrected chi connectivity index (χ4v) is 3.96. The van der Waals surface area contributed by atoms with E-state index < -0.39 is 0 Å². The summed E-state index contributed by atoms with van der Waals surface area (Å²) in [7, 11) is 3.73. The SMILES string of the molecule is COc1cnc(N2CCC[C@@H](c3nnc(CN4CCCC4)n3C)C2)nc1. The van der Waals surface area contributed by atoms with Crippen LogP contribution in [0.1, 0.15) is 43.3 Å². The van der Waals surface area contributed by atoms with Gasteiger partial charge in [-0.05, 0) is 38.8 Å². The van der Waals surface area contributed by atoms with Gasteiger partial charge in [-0.25, -0.2) is 9.97 Å². The van der Waals surface area contributed by atoms with Crippen LogP contribution in [0, 0.1) is 0 Å². The second-order valence-electron chi connectivity index (χ2n) is 7.22. The van der Waals surface area contributed by atoms with Crippen molar-refractivity contribution in [2.24, 2.45) is 7.05 Å². The molecule has 2 aromatic heterocycles. The van der Waals surface area contributed by atoms with E-state index in [1.165, 1.54) is 25.9 Å². The molecule has 2 saturated heterocycles. The van der Waals surface area contributed by atoms with Crippen molar-refractivity contribution in [2.45, 2.75) is 38.1 Å². The number of likely N-dealkylation sites (tertiary alicyclic amines) is 1. The summed E-state index contributed by atoms with van der Waals surface area (Å²) in [6.07, 6.45) is 8.27. The maximum atomic E-state index is 5.15. The van der Waals surface area contributed by atoms with E-state index in [0.717, 1.165) is 50.1 Å². The highest BCUT2D eigenvalue weighted by Gasteiger charge is 2.27. The topological polar surface area (TPSA) is 72.2 Å². The van der Waals surface area contributed by atoms with Gasteiger partial charge in [-0.15, -0.1) is 10.2 Å². The maximum Gasteiger partial charge on any atom is 0.225 e. The number of piperidine rings is 1. The predicted octanol–water partition coefficient (Wildman–Crippen LogP) is 1.59. The van der Waals surface area contributed by atoms with Crippen molar-refractivity contribution in [2.75, 3.05) is 38.2 Å². The lowest BCUT2D eigenvalue weighted by Crippen LogP contribution is -2.36. The number of hydrogen-bond donors (Lipinski definition) is 0. The molecule has 2 aromatic rings. The van der Waals surface area contributed by atoms with Gasteiger partial charge in [-0.1, -0.05) is 0 Å². The summed E-state index contributed by atoms with van der Waals surface area (Å²) >= 11 is 0. The van der Waals surface area contributed by atoms with E-state index in [1.54, 1.807) is 19.5 Å². The minimum absolute atomic E-state index is 0.360. The van der Waals surface area contributed by atoms with Gasteiger partial charge in [0.15, 0.2) is 5.75 Å². The fraction of sp³-hybridized carbons (Fsp3) is 0.667. The lowest BCUT2D eigenvalue weighted by atomic mass is 9.97. The fourth-order valence-electron chi connectivity index (χ4n) is 3.96. The van der Waals surface area contributed by atoms with Crippen molar-refractivity contribution in [1.82, 2.24) is 29.6 Å². The summed E-state index contributed by atoms with van der Waals surface area (Å²) in [6, 6.07) is 0. The number of methoxy groups -OCH3 is 1. The van der Waals surface area contributed by atoms with E-state index >= 15 is 0 Å². The molecule has 2 aliphatic heterocycles. The Morgan fingerprint density at radius 1 is 1.08 bits per heavy atom. The minimum Gasteiger partial charge on any atom is -0.494 e. The Morgan fingerprint density at radius 3 is 2.58 bits per heavy atom. The smallest absolute Gasteiger partial charge is 0.225 e. The minimum atomic E-state index is 0.360. The van der Waals surface area contributed by atoms with E-state index in [2.05, 4.69) is 41.6 Å². The van der Waals surface area contributed by atoms with Gasteiger partial charge in [0.05, 0.1) is 26.0 Å². The number of nitrogens with zero attached hydrogens (tertiary/aromatic N) is 7. The van der Waals surface area contributed by atoms with Gasteiger partial charge in [0.25, 0.3) is 0 Å². The van der Waals surface area contributed by atoms with Crippen molar-refractivity contribution in [3.63, 3.8) is 0 Å². The second kappa shape index (κ2) is 7.57. The first-order chi connectivity index (χ1) is 12.7. The molecule has 0 radical (unpaired) electrons. The average Bonchev–Trinajstić information content (AvgIpc) is 3.33. The molecule has 0 spiro atoms. The third-order valence-corrected chi connectivity index (χ3v) is 5.48. The molecule has 4 heterocycles. The van der Waals surface area contributed by atoms with Gasteiger partial charge in [-0.3, -0.25) is 4.90 Å². The Morgan fingerprint density at radius 2 is 1.85 bits per heavy atom. The third-order valence-electron chi connectivity index (χ3n) is 5.48. The first-order valence-corrected chi connectivity index (χ1v) is 9.46. The van der Waals surface area contributed by atoms with Crippen LogP contribution in [0.4, 0.5) is 5.95 Å². The number of ether oxygens (including phenoxy) is 1. The van der Waals surface area contributed by atoms with Crippen molar-refractivity contribution in [3.8, 4) is 5.75 Å². The van der Waals surface area contributed by atoms with Gasteiger partial charge in [0.1, 0.15) is 11.6 Å². The molecule has 8 heteroatoms. The first kappa shape index (κ1) is 17.2. The van der Waals surface area contributed by atoms with Gasteiger partial charge >= 0.3 is 0 Å². The molecule has 8 nitrogen and oxygen atoms in total. The molecule has 1 atom stereocenters. The Kier molecular flexibility index (Phi) is 5.01. The van der Waals surface area contributed by atoms with Crippen molar-refractivity contribution in [3.05, 3.63) is 24.0 Å². The van der Waals surface area contributed by atoms with Gasteiger partial charge in [0.2, 0.25) is 5.95 Å². The van der Waals surface area contributed by atoms with Crippen LogP contribution in [0.2, 0.25) is 0 Å². The molecule has 26 heavy (non-hydrogen) atoms. The van der Waals surface area contributed by atoms with Crippen LogP contribution in [-0.4, -0.2) is 62.9 Å². The molecular formula is C18H27N7O. The largest absolute Gasteiger partial charge is 0.494 e. The molecule has 2 fully saturated rings. The molecular weight excluding hydrogens is 330 g/mol. The van der Waals surface area contributed by atoms with Crippen molar-refractivity contribution in [1.29, 1.82) is 0 Å². The Balaban J connectivity index is 1.46. The van der Waals surface area contributed by atoms with Crippen LogP contribution in [0.3, 0.4) is 0 Å². The summed E-state index contributed by atoms with van der Waals surface area (Å²) < 4.78 is 7.35. The molecule has 4 rings (SSSR count). The number of aromatic nitrogens is 5. The highest BCUT2D eigenvalue weighted by Crippen LogP contribution is 2.28. The van der Waals surface area contributed by atoms with Crippen LogP contribution >= 0.6 is 0 Å². The predicted molar refractivity (Wildman–Crippen MR) is 98.3 cm³/mol. The summed E-state index contributed by atoms with van der Waals surface area (Å²) in [6.45, 7) is 5.10. The molecule has 0 aromatic carbocycles. The van der Waals surface area contributed by atoms with Crippen LogP contribution in [-0.2, 0) is 13.6 Å². The number of hydrogen-bond acceptors (Lipinski definition) is 7. The van der Waals surface area contributed by atoms with Crippen molar-refractivity contribution < 1.29 is 4.74 Å². The Hall–Kier alpha value is -2.22. The zero-order valence-corrected chi connectivity index (χ0v) is 15.6. The molecule has 0 saturated carbocycles. The monoisotopic (exact) mass is 357 g/mol. The first-order valence-electron chi connectivity index (χ1n) is 9.46. The summed E-state index contributed by atoms with van der Waals surface area (Å²) in [5, 5.41) is 9.02. The van der Waals surface area contributed by atoms with Gasteiger partial charge in [0, 0.05) is 26.1 Å². The lowest BCUT2D eigenvalue weighted by Gasteiger charge is -2.32. The second-order valence-corrected chi connectivity index (χ2v) is 7.22. The zero-order valence-electron chi connectivity index (χ0n) is 15.6. The molecule has 0 bridgehead atoms. The molecule has 0 amide bonds. The van der Waals surface area contributed by atoms with Crippen LogP contribution < -0.4 is 9.64 Å². The average molecular weight is 357 g/mol. The Bertz CT molecular complexity index is 724. The van der Waals surface area contributed by atoms with E-state index in [1.807, 2.05) is 0 Å².